The van der Waals surface area contributed by atoms with Gasteiger partial charge in [0.05, 0.1) is 4.90 Å². The van der Waals surface area contributed by atoms with Crippen molar-refractivity contribution in [2.45, 2.75) is 30.7 Å². The van der Waals surface area contributed by atoms with E-state index in [-0.39, 0.29) is 4.90 Å². The minimum Gasteiger partial charge on any atom is -0.337 e. The van der Waals surface area contributed by atoms with Gasteiger partial charge in [0.15, 0.2) is 0 Å². The van der Waals surface area contributed by atoms with E-state index in [9.17, 15) is 8.42 Å². The summed E-state index contributed by atoms with van der Waals surface area (Å²) in [7, 11) is -3.62. The second-order valence-corrected chi connectivity index (χ2v) is 8.15. The van der Waals surface area contributed by atoms with Gasteiger partial charge < -0.3 is 4.52 Å². The SMILES string of the molecule is Cc1ccc(S(=O)(=O)N2CCC[C@H]2c2nc(-c3ccccn3)no2)cc1. The molecule has 1 aromatic carbocycles. The predicted molar refractivity (Wildman–Crippen MR) is 94.6 cm³/mol. The van der Waals surface area contributed by atoms with Crippen LogP contribution in [0, 0.1) is 6.92 Å². The molecule has 0 N–H and O–H groups in total. The molecule has 7 nitrogen and oxygen atoms in total. The molecule has 26 heavy (non-hydrogen) atoms. The third-order valence-electron chi connectivity index (χ3n) is 4.45. The highest BCUT2D eigenvalue weighted by Gasteiger charge is 2.39. The van der Waals surface area contributed by atoms with E-state index in [2.05, 4.69) is 15.1 Å². The smallest absolute Gasteiger partial charge is 0.245 e. The van der Waals surface area contributed by atoms with E-state index in [1.54, 1.807) is 42.6 Å². The van der Waals surface area contributed by atoms with Crippen LogP contribution in [0.2, 0.25) is 0 Å². The molecule has 3 heterocycles. The number of sulfonamides is 1. The topological polar surface area (TPSA) is 89.2 Å². The number of nitrogens with zero attached hydrogens (tertiary/aromatic N) is 4. The molecule has 2 aromatic heterocycles. The Kier molecular flexibility index (Phi) is 4.29. The molecule has 0 amide bonds. The summed E-state index contributed by atoms with van der Waals surface area (Å²) in [6.07, 6.45) is 3.04. The molecule has 1 aliphatic rings. The van der Waals surface area contributed by atoms with Crippen molar-refractivity contribution < 1.29 is 12.9 Å². The Morgan fingerprint density at radius 2 is 1.96 bits per heavy atom. The average molecular weight is 370 g/mol. The van der Waals surface area contributed by atoms with Gasteiger partial charge in [-0.05, 0) is 44.0 Å². The fourth-order valence-corrected chi connectivity index (χ4v) is 4.74. The monoisotopic (exact) mass is 370 g/mol. The van der Waals surface area contributed by atoms with Crippen LogP contribution in [0.25, 0.3) is 11.5 Å². The van der Waals surface area contributed by atoms with Crippen molar-refractivity contribution in [2.24, 2.45) is 0 Å². The second-order valence-electron chi connectivity index (χ2n) is 6.26. The number of aryl methyl sites for hydroxylation is 1. The van der Waals surface area contributed by atoms with E-state index in [0.29, 0.717) is 30.4 Å². The molecule has 1 saturated heterocycles. The molecular weight excluding hydrogens is 352 g/mol. The molecule has 4 rings (SSSR count). The first-order valence-electron chi connectivity index (χ1n) is 8.39. The Balaban J connectivity index is 1.65. The Morgan fingerprint density at radius 1 is 1.15 bits per heavy atom. The van der Waals surface area contributed by atoms with Gasteiger partial charge in [-0.2, -0.15) is 9.29 Å². The van der Waals surface area contributed by atoms with Gasteiger partial charge in [-0.3, -0.25) is 4.98 Å². The minimum atomic E-state index is -3.62. The van der Waals surface area contributed by atoms with E-state index < -0.39 is 16.1 Å². The lowest BCUT2D eigenvalue weighted by Gasteiger charge is -2.21. The molecule has 0 unspecified atom stereocenters. The van der Waals surface area contributed by atoms with Gasteiger partial charge in [0.1, 0.15) is 11.7 Å². The van der Waals surface area contributed by atoms with Crippen LogP contribution < -0.4 is 0 Å². The van der Waals surface area contributed by atoms with Crippen LogP contribution >= 0.6 is 0 Å². The summed E-state index contributed by atoms with van der Waals surface area (Å²) in [6.45, 7) is 2.36. The highest BCUT2D eigenvalue weighted by molar-refractivity contribution is 7.89. The zero-order valence-corrected chi connectivity index (χ0v) is 15.1. The van der Waals surface area contributed by atoms with Crippen LogP contribution in [-0.2, 0) is 10.0 Å². The summed E-state index contributed by atoms with van der Waals surface area (Å²) >= 11 is 0. The van der Waals surface area contributed by atoms with E-state index in [4.69, 9.17) is 4.52 Å². The number of aromatic nitrogens is 3. The first kappa shape index (κ1) is 16.9. The van der Waals surface area contributed by atoms with E-state index in [1.807, 2.05) is 13.0 Å². The average Bonchev–Trinajstić information content (AvgIpc) is 3.32. The van der Waals surface area contributed by atoms with Crippen LogP contribution in [-0.4, -0.2) is 34.4 Å². The Labute approximate surface area is 151 Å². The van der Waals surface area contributed by atoms with Crippen molar-refractivity contribution in [3.8, 4) is 11.5 Å². The van der Waals surface area contributed by atoms with Gasteiger partial charge >= 0.3 is 0 Å². The number of pyridine rings is 1. The van der Waals surface area contributed by atoms with Gasteiger partial charge in [0.2, 0.25) is 21.7 Å². The minimum absolute atomic E-state index is 0.277. The van der Waals surface area contributed by atoms with E-state index in [0.717, 1.165) is 12.0 Å². The van der Waals surface area contributed by atoms with Crippen LogP contribution in [0.3, 0.4) is 0 Å². The summed E-state index contributed by atoms with van der Waals surface area (Å²) in [6, 6.07) is 11.8. The number of hydrogen-bond donors (Lipinski definition) is 0. The zero-order valence-electron chi connectivity index (χ0n) is 14.2. The predicted octanol–water partition coefficient (Wildman–Crippen LogP) is 2.97. The number of benzene rings is 1. The maximum Gasteiger partial charge on any atom is 0.245 e. The molecule has 0 saturated carbocycles. The van der Waals surface area contributed by atoms with Gasteiger partial charge in [-0.1, -0.05) is 28.9 Å². The third-order valence-corrected chi connectivity index (χ3v) is 6.37. The summed E-state index contributed by atoms with van der Waals surface area (Å²) in [5.41, 5.74) is 1.60. The lowest BCUT2D eigenvalue weighted by atomic mass is 10.2. The van der Waals surface area contributed by atoms with Crippen LogP contribution in [0.5, 0.6) is 0 Å². The maximum atomic E-state index is 13.0. The van der Waals surface area contributed by atoms with Crippen LogP contribution in [0.1, 0.15) is 30.3 Å². The van der Waals surface area contributed by atoms with Crippen molar-refractivity contribution in [1.29, 1.82) is 0 Å². The van der Waals surface area contributed by atoms with Crippen molar-refractivity contribution in [1.82, 2.24) is 19.4 Å². The Hall–Kier alpha value is -2.58. The largest absolute Gasteiger partial charge is 0.337 e. The summed E-state index contributed by atoms with van der Waals surface area (Å²) in [5.74, 6) is 0.666. The Bertz CT molecular complexity index is 1000. The van der Waals surface area contributed by atoms with E-state index in [1.165, 1.54) is 4.31 Å². The van der Waals surface area contributed by atoms with Crippen molar-refractivity contribution in [2.75, 3.05) is 6.54 Å². The first-order chi connectivity index (χ1) is 12.6. The van der Waals surface area contributed by atoms with Crippen LogP contribution in [0.4, 0.5) is 0 Å². The summed E-state index contributed by atoms with van der Waals surface area (Å²) in [4.78, 5) is 8.86. The molecule has 0 bridgehead atoms. The zero-order chi connectivity index (χ0) is 18.1. The van der Waals surface area contributed by atoms with Crippen molar-refractivity contribution in [3.63, 3.8) is 0 Å². The Morgan fingerprint density at radius 3 is 2.69 bits per heavy atom. The van der Waals surface area contributed by atoms with Gasteiger partial charge in [-0.15, -0.1) is 0 Å². The van der Waals surface area contributed by atoms with Gasteiger partial charge in [0, 0.05) is 12.7 Å². The second kappa shape index (κ2) is 6.62. The lowest BCUT2D eigenvalue weighted by Crippen LogP contribution is -2.30. The first-order valence-corrected chi connectivity index (χ1v) is 9.83. The molecule has 3 aromatic rings. The standard InChI is InChI=1S/C18H18N4O3S/c1-13-7-9-14(10-8-13)26(23,24)22-12-4-6-16(22)18-20-17(21-25-18)15-5-2-3-11-19-15/h2-3,5,7-11,16H,4,6,12H2,1H3/t16-/m0/s1. The molecule has 0 radical (unpaired) electrons. The van der Waals surface area contributed by atoms with Crippen molar-refractivity contribution in [3.05, 3.63) is 60.1 Å². The van der Waals surface area contributed by atoms with Gasteiger partial charge in [-0.25, -0.2) is 8.42 Å². The summed E-state index contributed by atoms with van der Waals surface area (Å²) < 4.78 is 32.9. The quantitative estimate of drug-likeness (QED) is 0.701. The van der Waals surface area contributed by atoms with Crippen LogP contribution in [0.15, 0.2) is 58.1 Å². The van der Waals surface area contributed by atoms with E-state index >= 15 is 0 Å². The number of rotatable bonds is 4. The molecule has 0 aliphatic carbocycles. The molecule has 8 heteroatoms. The molecule has 0 spiro atoms. The maximum absolute atomic E-state index is 13.0. The molecule has 1 atom stereocenters. The highest BCUT2D eigenvalue weighted by atomic mass is 32.2. The molecule has 134 valence electrons. The fourth-order valence-electron chi connectivity index (χ4n) is 3.09. The molecule has 1 fully saturated rings. The van der Waals surface area contributed by atoms with Crippen molar-refractivity contribution >= 4 is 10.0 Å². The lowest BCUT2D eigenvalue weighted by molar-refractivity contribution is 0.290. The van der Waals surface area contributed by atoms with Gasteiger partial charge in [0.25, 0.3) is 0 Å². The fraction of sp³-hybridized carbons (Fsp3) is 0.278. The number of hydrogen-bond acceptors (Lipinski definition) is 6. The highest BCUT2D eigenvalue weighted by Crippen LogP contribution is 2.36. The molecular formula is C18H18N4O3S. The normalized spacial score (nSPS) is 18.3. The third kappa shape index (κ3) is 3.02. The molecule has 1 aliphatic heterocycles. The summed E-state index contributed by atoms with van der Waals surface area (Å²) in [5, 5.41) is 3.96.